The Balaban J connectivity index is 1.18. The highest BCUT2D eigenvalue weighted by molar-refractivity contribution is 5.87. The summed E-state index contributed by atoms with van der Waals surface area (Å²) in [6, 6.07) is 11.1. The van der Waals surface area contributed by atoms with Crippen molar-refractivity contribution in [1.82, 2.24) is 9.80 Å². The zero-order valence-corrected chi connectivity index (χ0v) is 17.6. The van der Waals surface area contributed by atoms with Crippen LogP contribution >= 0.6 is 0 Å². The molecule has 4 saturated heterocycles. The molecule has 29 heavy (non-hydrogen) atoms. The minimum atomic E-state index is -0.197. The first-order valence-electron chi connectivity index (χ1n) is 11.6. The van der Waals surface area contributed by atoms with Crippen molar-refractivity contribution in [2.45, 2.75) is 88.6 Å². The van der Waals surface area contributed by atoms with E-state index >= 15 is 0 Å². The third-order valence-corrected chi connectivity index (χ3v) is 7.69. The number of esters is 1. The van der Waals surface area contributed by atoms with Gasteiger partial charge in [-0.3, -0.25) is 9.80 Å². The maximum absolute atomic E-state index is 12.4. The highest BCUT2D eigenvalue weighted by Gasteiger charge is 2.47. The van der Waals surface area contributed by atoms with Crippen molar-refractivity contribution in [1.29, 1.82) is 0 Å². The van der Waals surface area contributed by atoms with E-state index in [0.717, 1.165) is 43.1 Å². The molecular formula is C25H34N2O2. The second kappa shape index (κ2) is 8.23. The van der Waals surface area contributed by atoms with Crippen molar-refractivity contribution >= 4 is 12.0 Å². The third-order valence-electron chi connectivity index (χ3n) is 7.69. The number of benzene rings is 1. The molecule has 0 aliphatic carbocycles. The Kier molecular flexibility index (Phi) is 5.49. The van der Waals surface area contributed by atoms with Gasteiger partial charge in [0.25, 0.3) is 0 Å². The molecule has 0 N–H and O–H groups in total. The molecule has 2 bridgehead atoms. The van der Waals surface area contributed by atoms with Crippen molar-refractivity contribution in [3.63, 3.8) is 0 Å². The molecule has 4 aliphatic rings. The van der Waals surface area contributed by atoms with Crippen LogP contribution in [0.5, 0.6) is 0 Å². The Morgan fingerprint density at radius 2 is 1.72 bits per heavy atom. The number of hydrogen-bond acceptors (Lipinski definition) is 4. The van der Waals surface area contributed by atoms with Gasteiger partial charge in [0.1, 0.15) is 6.10 Å². The fourth-order valence-electron chi connectivity index (χ4n) is 6.43. The van der Waals surface area contributed by atoms with Gasteiger partial charge in [-0.2, -0.15) is 0 Å². The van der Waals surface area contributed by atoms with Crippen molar-refractivity contribution in [3.8, 4) is 0 Å². The number of ether oxygens (including phenoxy) is 1. The molecule has 5 rings (SSSR count). The van der Waals surface area contributed by atoms with Crippen LogP contribution in [0.15, 0.2) is 30.3 Å². The molecule has 4 heterocycles. The number of carbonyl (C=O) groups is 1. The first-order chi connectivity index (χ1) is 14.2. The lowest BCUT2D eigenvalue weighted by molar-refractivity contribution is -0.149. The van der Waals surface area contributed by atoms with Crippen LogP contribution in [0.2, 0.25) is 0 Å². The summed E-state index contributed by atoms with van der Waals surface area (Å²) >= 11 is 0. The molecule has 1 aromatic carbocycles. The van der Waals surface area contributed by atoms with Gasteiger partial charge in [0.2, 0.25) is 0 Å². The Labute approximate surface area is 174 Å². The van der Waals surface area contributed by atoms with Crippen LogP contribution in [0.25, 0.3) is 6.08 Å². The van der Waals surface area contributed by atoms with Crippen LogP contribution in [0.1, 0.15) is 62.5 Å². The molecule has 0 saturated carbocycles. The minimum Gasteiger partial charge on any atom is -0.459 e. The Morgan fingerprint density at radius 1 is 0.966 bits per heavy atom. The molecular weight excluding hydrogens is 360 g/mol. The summed E-state index contributed by atoms with van der Waals surface area (Å²) < 4.78 is 5.86. The molecule has 1 unspecified atom stereocenters. The second-order valence-corrected chi connectivity index (χ2v) is 9.62. The summed E-state index contributed by atoms with van der Waals surface area (Å²) in [6.45, 7) is 4.46. The van der Waals surface area contributed by atoms with Gasteiger partial charge in [-0.25, -0.2) is 4.79 Å². The highest BCUT2D eigenvalue weighted by atomic mass is 16.5. The molecule has 5 atom stereocenters. The molecule has 4 aliphatic heterocycles. The van der Waals surface area contributed by atoms with E-state index in [1.807, 2.05) is 18.2 Å². The van der Waals surface area contributed by atoms with Gasteiger partial charge < -0.3 is 4.74 Å². The van der Waals surface area contributed by atoms with Crippen molar-refractivity contribution in [2.75, 3.05) is 13.1 Å². The van der Waals surface area contributed by atoms with E-state index in [2.05, 4.69) is 28.9 Å². The molecule has 4 heteroatoms. The van der Waals surface area contributed by atoms with Gasteiger partial charge in [0.05, 0.1) is 0 Å². The first kappa shape index (κ1) is 19.3. The number of aryl methyl sites for hydroxylation is 1. The molecule has 0 radical (unpaired) electrons. The lowest BCUT2D eigenvalue weighted by Gasteiger charge is -2.58. The normalized spacial score (nSPS) is 35.1. The van der Waals surface area contributed by atoms with Crippen LogP contribution in [-0.4, -0.2) is 59.1 Å². The lowest BCUT2D eigenvalue weighted by Crippen LogP contribution is -2.65. The summed E-state index contributed by atoms with van der Waals surface area (Å²) in [7, 11) is 0. The summed E-state index contributed by atoms with van der Waals surface area (Å²) in [5, 5.41) is 0. The number of carbonyl (C=O) groups excluding carboxylic acids is 1. The van der Waals surface area contributed by atoms with Gasteiger partial charge in [0.15, 0.2) is 0 Å². The van der Waals surface area contributed by atoms with Gasteiger partial charge in [-0.15, -0.1) is 0 Å². The zero-order valence-electron chi connectivity index (χ0n) is 17.6. The van der Waals surface area contributed by atoms with E-state index in [0.29, 0.717) is 6.04 Å². The largest absolute Gasteiger partial charge is 0.459 e. The third kappa shape index (κ3) is 4.15. The lowest BCUT2D eigenvalue weighted by atomic mass is 9.76. The van der Waals surface area contributed by atoms with Crippen LogP contribution in [0, 0.1) is 6.92 Å². The van der Waals surface area contributed by atoms with Gasteiger partial charge in [-0.1, -0.05) is 36.2 Å². The maximum Gasteiger partial charge on any atom is 0.331 e. The predicted molar refractivity (Wildman–Crippen MR) is 116 cm³/mol. The van der Waals surface area contributed by atoms with E-state index < -0.39 is 0 Å². The summed E-state index contributed by atoms with van der Waals surface area (Å²) in [5.41, 5.74) is 2.25. The Bertz CT molecular complexity index is 776. The van der Waals surface area contributed by atoms with Gasteiger partial charge in [-0.05, 0) is 63.6 Å². The first-order valence-corrected chi connectivity index (χ1v) is 11.6. The fourth-order valence-corrected chi connectivity index (χ4v) is 6.43. The van der Waals surface area contributed by atoms with E-state index in [1.165, 1.54) is 50.6 Å². The Hall–Kier alpha value is -1.65. The van der Waals surface area contributed by atoms with Crippen LogP contribution < -0.4 is 0 Å². The quantitative estimate of drug-likeness (QED) is 0.569. The summed E-state index contributed by atoms with van der Waals surface area (Å²) in [6.07, 6.45) is 13.7. The van der Waals surface area contributed by atoms with E-state index in [4.69, 9.17) is 4.74 Å². The van der Waals surface area contributed by atoms with Crippen LogP contribution in [0.3, 0.4) is 0 Å². The predicted octanol–water partition coefficient (Wildman–Crippen LogP) is 4.17. The fraction of sp³-hybridized carbons (Fsp3) is 0.640. The van der Waals surface area contributed by atoms with Crippen LogP contribution in [0.4, 0.5) is 0 Å². The van der Waals surface area contributed by atoms with Gasteiger partial charge >= 0.3 is 5.97 Å². The van der Waals surface area contributed by atoms with Gasteiger partial charge in [0, 0.05) is 43.2 Å². The zero-order chi connectivity index (χ0) is 19.8. The summed E-state index contributed by atoms with van der Waals surface area (Å²) in [4.78, 5) is 18.0. The molecule has 156 valence electrons. The SMILES string of the molecule is Cc1cccc(/C=C\C(=O)OC2CCN3[C@@H]4C[C@@H](C[C@@H]3C2)N2CCCC[C@@H]2C4)c1. The van der Waals surface area contributed by atoms with Crippen molar-refractivity contribution in [2.24, 2.45) is 0 Å². The minimum absolute atomic E-state index is 0.0712. The highest BCUT2D eigenvalue weighted by Crippen LogP contribution is 2.42. The standard InChI is InChI=1S/C25H34N2O2/c1-18-5-4-6-19(13-18)8-9-25(28)29-24-10-12-27-21-14-20-7-2-3-11-26(20)22(15-21)16-23(27)17-24/h4-6,8-9,13,20-24H,2-3,7,10-12,14-17H2,1H3/b9-8-/t20-,21+,22+,23-,24?/m1/s1. The number of hydrogen-bond donors (Lipinski definition) is 0. The number of piperidine rings is 4. The maximum atomic E-state index is 12.4. The Morgan fingerprint density at radius 3 is 2.55 bits per heavy atom. The molecule has 4 fully saturated rings. The van der Waals surface area contributed by atoms with E-state index in [-0.39, 0.29) is 12.1 Å². The topological polar surface area (TPSA) is 32.8 Å². The molecule has 4 nitrogen and oxygen atoms in total. The number of fused-ring (bicyclic) bond motifs is 6. The summed E-state index contributed by atoms with van der Waals surface area (Å²) in [5.74, 6) is -0.197. The van der Waals surface area contributed by atoms with E-state index in [1.54, 1.807) is 6.08 Å². The van der Waals surface area contributed by atoms with Crippen molar-refractivity contribution < 1.29 is 9.53 Å². The molecule has 0 amide bonds. The van der Waals surface area contributed by atoms with Crippen molar-refractivity contribution in [3.05, 3.63) is 41.5 Å². The monoisotopic (exact) mass is 394 g/mol. The van der Waals surface area contributed by atoms with E-state index in [9.17, 15) is 4.79 Å². The average Bonchev–Trinajstić information content (AvgIpc) is 2.72. The molecule has 0 spiro atoms. The smallest absolute Gasteiger partial charge is 0.331 e. The number of rotatable bonds is 3. The van der Waals surface area contributed by atoms with Crippen LogP contribution in [-0.2, 0) is 9.53 Å². The number of nitrogens with zero attached hydrogens (tertiary/aromatic N) is 2. The molecule has 1 aromatic rings. The second-order valence-electron chi connectivity index (χ2n) is 9.62. The molecule has 0 aromatic heterocycles. The average molecular weight is 395 g/mol.